The number of morpholine rings is 1. The second kappa shape index (κ2) is 8.67. The molecule has 1 N–H and O–H groups in total. The highest BCUT2D eigenvalue weighted by molar-refractivity contribution is 6.12. The number of carbonyl (C=O) groups excluding carboxylic acids is 2. The van der Waals surface area contributed by atoms with E-state index in [1.54, 1.807) is 24.4 Å². The number of benzene rings is 2. The van der Waals surface area contributed by atoms with E-state index < -0.39 is 11.9 Å². The molecule has 0 saturated carbocycles. The third-order valence-corrected chi connectivity index (χ3v) is 5.94. The van der Waals surface area contributed by atoms with Gasteiger partial charge in [0.25, 0.3) is 0 Å². The van der Waals surface area contributed by atoms with Crippen LogP contribution in [0.5, 0.6) is 23.0 Å². The molecule has 9 nitrogen and oxygen atoms in total. The van der Waals surface area contributed by atoms with Crippen molar-refractivity contribution >= 4 is 11.8 Å². The fourth-order valence-corrected chi connectivity index (χ4v) is 4.23. The number of phenolic OH excluding ortho intramolecular Hbond substituents is 1. The monoisotopic (exact) mass is 453 g/mol. The van der Waals surface area contributed by atoms with Gasteiger partial charge in [-0.1, -0.05) is 6.07 Å². The summed E-state index contributed by atoms with van der Waals surface area (Å²) in [6.07, 6.45) is 1.61. The zero-order chi connectivity index (χ0) is 22.9. The SMILES string of the molecule is COC(=O)CC(c1ccc2c(c1)OCO2)c1c(O)ccc2c1OC(=CN1CCOCC1)C2=O. The van der Waals surface area contributed by atoms with Gasteiger partial charge < -0.3 is 33.7 Å². The summed E-state index contributed by atoms with van der Waals surface area (Å²) in [6.45, 7) is 2.55. The third-order valence-electron chi connectivity index (χ3n) is 5.94. The molecule has 1 atom stereocenters. The standard InChI is InChI=1S/C24H23NO8/c1-29-21(27)11-16(14-2-5-18-19(10-14)32-13-31-18)22-17(26)4-3-15-23(28)20(33-24(15)22)12-25-6-8-30-9-7-25/h2-5,10,12,16,26H,6-9,11,13H2,1H3. The first-order valence-corrected chi connectivity index (χ1v) is 10.6. The minimum absolute atomic E-state index is 0.0692. The maximum atomic E-state index is 13.1. The third kappa shape index (κ3) is 3.95. The molecule has 1 saturated heterocycles. The van der Waals surface area contributed by atoms with Gasteiger partial charge in [0.05, 0.1) is 32.3 Å². The van der Waals surface area contributed by atoms with Crippen LogP contribution in [0.4, 0.5) is 0 Å². The minimum Gasteiger partial charge on any atom is -0.508 e. The Morgan fingerprint density at radius 1 is 1.18 bits per heavy atom. The maximum Gasteiger partial charge on any atom is 0.306 e. The highest BCUT2D eigenvalue weighted by Gasteiger charge is 2.36. The molecule has 0 aliphatic carbocycles. The average Bonchev–Trinajstić information content (AvgIpc) is 3.42. The Bertz CT molecular complexity index is 1140. The summed E-state index contributed by atoms with van der Waals surface area (Å²) in [5.41, 5.74) is 1.36. The number of Topliss-reactive ketones (excluding diaryl/α,β-unsaturated/α-hetero) is 1. The molecule has 0 spiro atoms. The van der Waals surface area contributed by atoms with Crippen molar-refractivity contribution in [1.82, 2.24) is 4.90 Å². The first kappa shape index (κ1) is 21.1. The number of rotatable bonds is 5. The fourth-order valence-electron chi connectivity index (χ4n) is 4.23. The first-order chi connectivity index (χ1) is 16.0. The fraction of sp³-hybridized carbons (Fsp3) is 0.333. The molecule has 2 aromatic rings. The number of ketones is 1. The van der Waals surface area contributed by atoms with Crippen LogP contribution in [0.15, 0.2) is 42.3 Å². The van der Waals surface area contributed by atoms with Gasteiger partial charge in [0.15, 0.2) is 17.3 Å². The van der Waals surface area contributed by atoms with E-state index in [1.165, 1.54) is 19.2 Å². The van der Waals surface area contributed by atoms with Crippen LogP contribution in [-0.4, -0.2) is 62.0 Å². The van der Waals surface area contributed by atoms with Crippen LogP contribution in [0.2, 0.25) is 0 Å². The van der Waals surface area contributed by atoms with Crippen LogP contribution in [0.1, 0.15) is 33.8 Å². The quantitative estimate of drug-likeness (QED) is 0.540. The van der Waals surface area contributed by atoms with Gasteiger partial charge in [0.1, 0.15) is 11.5 Å². The number of hydrogen-bond donors (Lipinski definition) is 1. The van der Waals surface area contributed by atoms with Crippen molar-refractivity contribution in [2.45, 2.75) is 12.3 Å². The second-order valence-electron chi connectivity index (χ2n) is 7.89. The number of methoxy groups -OCH3 is 1. The average molecular weight is 453 g/mol. The van der Waals surface area contributed by atoms with Crippen molar-refractivity contribution in [3.05, 3.63) is 59.0 Å². The van der Waals surface area contributed by atoms with Crippen LogP contribution < -0.4 is 14.2 Å². The van der Waals surface area contributed by atoms with Crippen LogP contribution >= 0.6 is 0 Å². The number of hydrogen-bond acceptors (Lipinski definition) is 9. The Morgan fingerprint density at radius 3 is 2.76 bits per heavy atom. The predicted octanol–water partition coefficient (Wildman–Crippen LogP) is 2.56. The Hall–Kier alpha value is -3.72. The molecule has 5 rings (SSSR count). The van der Waals surface area contributed by atoms with Gasteiger partial charge >= 0.3 is 5.97 Å². The van der Waals surface area contributed by atoms with E-state index >= 15 is 0 Å². The summed E-state index contributed by atoms with van der Waals surface area (Å²) >= 11 is 0. The molecule has 0 aromatic heterocycles. The molecule has 0 amide bonds. The smallest absolute Gasteiger partial charge is 0.306 e. The van der Waals surface area contributed by atoms with Crippen molar-refractivity contribution in [3.8, 4) is 23.0 Å². The topological polar surface area (TPSA) is 104 Å². The van der Waals surface area contributed by atoms with Gasteiger partial charge in [0.2, 0.25) is 12.6 Å². The highest BCUT2D eigenvalue weighted by Crippen LogP contribution is 2.47. The van der Waals surface area contributed by atoms with Gasteiger partial charge in [-0.25, -0.2) is 0 Å². The molecular formula is C24H23NO8. The normalized spacial score (nSPS) is 18.8. The molecule has 9 heteroatoms. The Labute approximate surface area is 190 Å². The minimum atomic E-state index is -0.641. The molecule has 0 radical (unpaired) electrons. The predicted molar refractivity (Wildman–Crippen MR) is 115 cm³/mol. The Kier molecular flexibility index (Phi) is 5.55. The van der Waals surface area contributed by atoms with Crippen LogP contribution in [-0.2, 0) is 14.3 Å². The summed E-state index contributed by atoms with van der Waals surface area (Å²) in [6, 6.07) is 8.28. The summed E-state index contributed by atoms with van der Waals surface area (Å²) in [5, 5.41) is 10.8. The number of aromatic hydroxyl groups is 1. The van der Waals surface area contributed by atoms with E-state index in [-0.39, 0.29) is 36.3 Å². The zero-order valence-corrected chi connectivity index (χ0v) is 18.0. The number of esters is 1. The lowest BCUT2D eigenvalue weighted by molar-refractivity contribution is -0.140. The van der Waals surface area contributed by atoms with Crippen molar-refractivity contribution in [1.29, 1.82) is 0 Å². The summed E-state index contributed by atoms with van der Waals surface area (Å²) in [4.78, 5) is 27.3. The van der Waals surface area contributed by atoms with Gasteiger partial charge in [-0.05, 0) is 29.8 Å². The molecule has 3 aliphatic heterocycles. The van der Waals surface area contributed by atoms with Crippen molar-refractivity contribution in [2.24, 2.45) is 0 Å². The molecule has 3 aliphatic rings. The second-order valence-corrected chi connectivity index (χ2v) is 7.89. The molecule has 1 unspecified atom stereocenters. The molecule has 0 bridgehead atoms. The number of phenols is 1. The summed E-state index contributed by atoms with van der Waals surface area (Å²) in [7, 11) is 1.30. The Balaban J connectivity index is 1.57. The van der Waals surface area contributed by atoms with E-state index in [1.807, 2.05) is 4.90 Å². The van der Waals surface area contributed by atoms with Gasteiger partial charge in [0, 0.05) is 30.8 Å². The first-order valence-electron chi connectivity index (χ1n) is 10.6. The molecule has 2 aromatic carbocycles. The lowest BCUT2D eigenvalue weighted by Crippen LogP contribution is -2.32. The lowest BCUT2D eigenvalue weighted by Gasteiger charge is -2.25. The van der Waals surface area contributed by atoms with Gasteiger partial charge in [-0.15, -0.1) is 0 Å². The van der Waals surface area contributed by atoms with Gasteiger partial charge in [-0.2, -0.15) is 0 Å². The van der Waals surface area contributed by atoms with Crippen LogP contribution in [0.3, 0.4) is 0 Å². The summed E-state index contributed by atoms with van der Waals surface area (Å²) in [5.74, 6) is 0.0772. The number of allylic oxidation sites excluding steroid dienone is 1. The van der Waals surface area contributed by atoms with Gasteiger partial charge in [-0.3, -0.25) is 9.59 Å². The number of ether oxygens (including phenoxy) is 5. The van der Waals surface area contributed by atoms with Crippen molar-refractivity contribution in [3.63, 3.8) is 0 Å². The number of carbonyl (C=O) groups is 2. The number of nitrogens with zero attached hydrogens (tertiary/aromatic N) is 1. The number of fused-ring (bicyclic) bond motifs is 2. The largest absolute Gasteiger partial charge is 0.508 e. The van der Waals surface area contributed by atoms with Crippen LogP contribution in [0.25, 0.3) is 0 Å². The lowest BCUT2D eigenvalue weighted by atomic mass is 9.86. The van der Waals surface area contributed by atoms with E-state index in [2.05, 4.69) is 0 Å². The van der Waals surface area contributed by atoms with E-state index in [9.17, 15) is 14.7 Å². The summed E-state index contributed by atoms with van der Waals surface area (Å²) < 4.78 is 27.1. The van der Waals surface area contributed by atoms with Crippen molar-refractivity contribution in [2.75, 3.05) is 40.2 Å². The zero-order valence-electron chi connectivity index (χ0n) is 18.0. The molecule has 3 heterocycles. The maximum absolute atomic E-state index is 13.1. The molecule has 1 fully saturated rings. The van der Waals surface area contributed by atoms with E-state index in [4.69, 9.17) is 23.7 Å². The highest BCUT2D eigenvalue weighted by atomic mass is 16.7. The molecule has 33 heavy (non-hydrogen) atoms. The Morgan fingerprint density at radius 2 is 1.97 bits per heavy atom. The molecule has 172 valence electrons. The van der Waals surface area contributed by atoms with Crippen molar-refractivity contribution < 1.29 is 38.4 Å². The van der Waals surface area contributed by atoms with E-state index in [0.717, 1.165) is 0 Å². The van der Waals surface area contributed by atoms with Crippen LogP contribution in [0, 0.1) is 0 Å². The molecular weight excluding hydrogens is 430 g/mol. The van der Waals surface area contributed by atoms with E-state index in [0.29, 0.717) is 54.5 Å².